The van der Waals surface area contributed by atoms with Gasteiger partial charge in [-0.05, 0) is 12.1 Å². The molecule has 0 atom stereocenters. The van der Waals surface area contributed by atoms with Gasteiger partial charge in [0.1, 0.15) is 0 Å². The van der Waals surface area contributed by atoms with Gasteiger partial charge in [0, 0.05) is 24.1 Å². The average Bonchev–Trinajstić information content (AvgIpc) is 2.29. The first-order chi connectivity index (χ1) is 8.08. The molecule has 92 valence electrons. The van der Waals surface area contributed by atoms with Gasteiger partial charge in [0.25, 0.3) is 0 Å². The molecule has 1 N–H and O–H groups in total. The van der Waals surface area contributed by atoms with Crippen molar-refractivity contribution in [3.63, 3.8) is 0 Å². The van der Waals surface area contributed by atoms with Crippen molar-refractivity contribution in [2.75, 3.05) is 18.3 Å². The van der Waals surface area contributed by atoms with Gasteiger partial charge in [0.2, 0.25) is 5.91 Å². The number of hydrogen-bond donors (Lipinski definition) is 1. The maximum absolute atomic E-state index is 11.3. The number of amides is 1. The lowest BCUT2D eigenvalue weighted by Gasteiger charge is -2.06. The topological polar surface area (TPSA) is 81.5 Å². The molecule has 17 heavy (non-hydrogen) atoms. The maximum Gasteiger partial charge on any atom is 0.312 e. The lowest BCUT2D eigenvalue weighted by atomic mass is 10.2. The summed E-state index contributed by atoms with van der Waals surface area (Å²) in [6, 6.07) is 4.19. The second-order valence-electron chi connectivity index (χ2n) is 3.13. The molecule has 0 fully saturated rings. The highest BCUT2D eigenvalue weighted by Crippen LogP contribution is 2.29. The number of nitro groups is 1. The first-order valence-corrected chi connectivity index (χ1v) is 5.30. The lowest BCUT2D eigenvalue weighted by Crippen LogP contribution is -2.11. The molecule has 0 radical (unpaired) electrons. The van der Waals surface area contributed by atoms with Crippen molar-refractivity contribution in [3.8, 4) is 5.75 Å². The minimum Gasteiger partial charge on any atom is -0.490 e. The van der Waals surface area contributed by atoms with E-state index in [1.807, 2.05) is 0 Å². The Morgan fingerprint density at radius 2 is 2.29 bits per heavy atom. The first kappa shape index (κ1) is 13.2. The van der Waals surface area contributed by atoms with Crippen LogP contribution in [0.1, 0.15) is 6.42 Å². The molecule has 1 amide bonds. The Morgan fingerprint density at radius 3 is 2.82 bits per heavy atom. The van der Waals surface area contributed by atoms with E-state index in [1.165, 1.54) is 25.3 Å². The number of nitrogens with one attached hydrogen (secondary N) is 1. The van der Waals surface area contributed by atoms with Crippen LogP contribution < -0.4 is 10.1 Å². The molecule has 0 unspecified atom stereocenters. The first-order valence-electron chi connectivity index (χ1n) is 4.76. The minimum atomic E-state index is -0.573. The van der Waals surface area contributed by atoms with E-state index in [-0.39, 0.29) is 29.6 Å². The van der Waals surface area contributed by atoms with Gasteiger partial charge in [-0.3, -0.25) is 14.9 Å². The molecular weight excluding hydrogens is 248 g/mol. The van der Waals surface area contributed by atoms with Crippen molar-refractivity contribution in [3.05, 3.63) is 28.3 Å². The van der Waals surface area contributed by atoms with Gasteiger partial charge in [-0.25, -0.2) is 0 Å². The largest absolute Gasteiger partial charge is 0.490 e. The van der Waals surface area contributed by atoms with Gasteiger partial charge in [-0.2, -0.15) is 0 Å². The lowest BCUT2D eigenvalue weighted by molar-refractivity contribution is -0.385. The van der Waals surface area contributed by atoms with Crippen LogP contribution in [0.4, 0.5) is 11.4 Å². The summed E-state index contributed by atoms with van der Waals surface area (Å²) in [5.41, 5.74) is 0.142. The maximum atomic E-state index is 11.3. The average molecular weight is 259 g/mol. The Balaban J connectivity index is 2.92. The summed E-state index contributed by atoms with van der Waals surface area (Å²) >= 11 is 5.40. The summed E-state index contributed by atoms with van der Waals surface area (Å²) in [6.45, 7) is 0. The number of methoxy groups -OCH3 is 1. The van der Waals surface area contributed by atoms with E-state index < -0.39 is 4.92 Å². The molecule has 0 aromatic heterocycles. The third-order valence-electron chi connectivity index (χ3n) is 1.98. The fraction of sp³-hybridized carbons (Fsp3) is 0.300. The summed E-state index contributed by atoms with van der Waals surface area (Å²) in [5.74, 6) is 0.0502. The molecular formula is C10H11ClN2O4. The predicted molar refractivity (Wildman–Crippen MR) is 63.6 cm³/mol. The van der Waals surface area contributed by atoms with Gasteiger partial charge >= 0.3 is 5.69 Å². The molecule has 6 nitrogen and oxygen atoms in total. The zero-order chi connectivity index (χ0) is 12.8. The third kappa shape index (κ3) is 3.60. The Hall–Kier alpha value is -1.82. The molecule has 1 rings (SSSR count). The van der Waals surface area contributed by atoms with E-state index in [0.29, 0.717) is 5.69 Å². The van der Waals surface area contributed by atoms with Crippen LogP contribution in [0, 0.1) is 10.1 Å². The molecule has 7 heteroatoms. The van der Waals surface area contributed by atoms with Crippen LogP contribution in [0.15, 0.2) is 18.2 Å². The van der Waals surface area contributed by atoms with E-state index in [4.69, 9.17) is 16.3 Å². The van der Waals surface area contributed by atoms with Crippen molar-refractivity contribution in [1.29, 1.82) is 0 Å². The van der Waals surface area contributed by atoms with Crippen LogP contribution in [0.2, 0.25) is 0 Å². The molecule has 1 aromatic rings. The summed E-state index contributed by atoms with van der Waals surface area (Å²) in [4.78, 5) is 21.4. The molecule has 0 bridgehead atoms. The smallest absolute Gasteiger partial charge is 0.312 e. The third-order valence-corrected chi connectivity index (χ3v) is 2.17. The summed E-state index contributed by atoms with van der Waals surface area (Å²) in [5, 5.41) is 13.2. The fourth-order valence-electron chi connectivity index (χ4n) is 1.22. The second-order valence-corrected chi connectivity index (χ2v) is 3.51. The van der Waals surface area contributed by atoms with Crippen LogP contribution in [-0.2, 0) is 4.79 Å². The fourth-order valence-corrected chi connectivity index (χ4v) is 1.39. The SMILES string of the molecule is COc1ccc(NC(=O)CCCl)cc1[N+](=O)[O-]. The normalized spacial score (nSPS) is 9.76. The Bertz CT molecular complexity index is 436. The molecule has 0 spiro atoms. The minimum absolute atomic E-state index is 0.144. The van der Waals surface area contributed by atoms with Crippen molar-refractivity contribution in [1.82, 2.24) is 0 Å². The molecule has 0 aliphatic rings. The van der Waals surface area contributed by atoms with Crippen LogP contribution in [0.5, 0.6) is 5.75 Å². The van der Waals surface area contributed by atoms with Crippen molar-refractivity contribution in [2.45, 2.75) is 6.42 Å². The van der Waals surface area contributed by atoms with E-state index >= 15 is 0 Å². The molecule has 0 aliphatic carbocycles. The molecule has 0 aliphatic heterocycles. The number of nitrogens with zero attached hydrogens (tertiary/aromatic N) is 1. The second kappa shape index (κ2) is 6.05. The monoisotopic (exact) mass is 258 g/mol. The molecule has 1 aromatic carbocycles. The number of rotatable bonds is 5. The number of alkyl halides is 1. The standard InChI is InChI=1S/C10H11ClN2O4/c1-17-9-3-2-7(6-8(9)13(15)16)12-10(14)4-5-11/h2-3,6H,4-5H2,1H3,(H,12,14). The van der Waals surface area contributed by atoms with Gasteiger partial charge in [0.15, 0.2) is 5.75 Å². The number of anilines is 1. The van der Waals surface area contributed by atoms with Crippen molar-refractivity contribution < 1.29 is 14.5 Å². The highest BCUT2D eigenvalue weighted by Gasteiger charge is 2.15. The number of benzene rings is 1. The zero-order valence-electron chi connectivity index (χ0n) is 9.10. The van der Waals surface area contributed by atoms with E-state index in [2.05, 4.69) is 5.32 Å². The molecule has 0 saturated carbocycles. The highest BCUT2D eigenvalue weighted by atomic mass is 35.5. The van der Waals surface area contributed by atoms with Gasteiger partial charge < -0.3 is 10.1 Å². The number of halogens is 1. The van der Waals surface area contributed by atoms with Gasteiger partial charge in [0.05, 0.1) is 12.0 Å². The predicted octanol–water partition coefficient (Wildman–Crippen LogP) is 2.17. The highest BCUT2D eigenvalue weighted by molar-refractivity contribution is 6.19. The number of carbonyl (C=O) groups is 1. The van der Waals surface area contributed by atoms with E-state index in [0.717, 1.165) is 0 Å². The van der Waals surface area contributed by atoms with Crippen molar-refractivity contribution >= 4 is 28.9 Å². The Labute approximate surface area is 103 Å². The number of nitro benzene ring substituents is 1. The Kier molecular flexibility index (Phi) is 4.71. The quantitative estimate of drug-likeness (QED) is 0.498. The summed E-state index contributed by atoms with van der Waals surface area (Å²) in [6.07, 6.45) is 0.154. The van der Waals surface area contributed by atoms with Crippen LogP contribution in [0.25, 0.3) is 0 Å². The summed E-state index contributed by atoms with van der Waals surface area (Å²) < 4.78 is 4.84. The van der Waals surface area contributed by atoms with Crippen LogP contribution >= 0.6 is 11.6 Å². The number of carbonyl (C=O) groups excluding carboxylic acids is 1. The van der Waals surface area contributed by atoms with Crippen LogP contribution in [-0.4, -0.2) is 23.8 Å². The van der Waals surface area contributed by atoms with Gasteiger partial charge in [-0.15, -0.1) is 11.6 Å². The van der Waals surface area contributed by atoms with Crippen molar-refractivity contribution in [2.24, 2.45) is 0 Å². The molecule has 0 saturated heterocycles. The van der Waals surface area contributed by atoms with Gasteiger partial charge in [-0.1, -0.05) is 0 Å². The van der Waals surface area contributed by atoms with E-state index in [9.17, 15) is 14.9 Å². The summed E-state index contributed by atoms with van der Waals surface area (Å²) in [7, 11) is 1.34. The van der Waals surface area contributed by atoms with Crippen LogP contribution in [0.3, 0.4) is 0 Å². The Morgan fingerprint density at radius 1 is 1.59 bits per heavy atom. The van der Waals surface area contributed by atoms with E-state index in [1.54, 1.807) is 0 Å². The zero-order valence-corrected chi connectivity index (χ0v) is 9.86. The molecule has 0 heterocycles. The number of hydrogen-bond acceptors (Lipinski definition) is 4. The number of ether oxygens (including phenoxy) is 1.